The highest BCUT2D eigenvalue weighted by atomic mass is 16.5. The largest absolute Gasteiger partial charge is 0.496 e. The van der Waals surface area contributed by atoms with E-state index in [4.69, 9.17) is 19.3 Å². The first-order valence-corrected chi connectivity index (χ1v) is 10.9. The lowest BCUT2D eigenvalue weighted by molar-refractivity contribution is 0.386. The second-order valence-corrected chi connectivity index (χ2v) is 8.98. The molecular formula is C26H30N4O3. The minimum atomic E-state index is -0.0402. The summed E-state index contributed by atoms with van der Waals surface area (Å²) in [6.45, 7) is 9.10. The Labute approximate surface area is 194 Å². The van der Waals surface area contributed by atoms with Gasteiger partial charge in [-0.25, -0.2) is 4.98 Å². The second-order valence-electron chi connectivity index (χ2n) is 8.98. The maximum absolute atomic E-state index is 5.99. The van der Waals surface area contributed by atoms with Crippen LogP contribution in [0.15, 0.2) is 54.6 Å². The highest BCUT2D eigenvalue weighted by Crippen LogP contribution is 2.31. The average molecular weight is 447 g/mol. The smallest absolute Gasteiger partial charge is 0.157 e. The van der Waals surface area contributed by atoms with Gasteiger partial charge in [0, 0.05) is 48.0 Å². The van der Waals surface area contributed by atoms with E-state index in [1.165, 1.54) is 0 Å². The Bertz CT molecular complexity index is 1240. The maximum atomic E-state index is 5.99. The zero-order valence-corrected chi connectivity index (χ0v) is 20.0. The van der Waals surface area contributed by atoms with Crippen LogP contribution in [0.25, 0.3) is 5.65 Å². The van der Waals surface area contributed by atoms with Crippen LogP contribution in [-0.2, 0) is 12.0 Å². The first kappa shape index (κ1) is 22.5. The molecule has 0 radical (unpaired) electrons. The summed E-state index contributed by atoms with van der Waals surface area (Å²) in [6, 6.07) is 17.5. The van der Waals surface area contributed by atoms with Crippen molar-refractivity contribution in [1.29, 1.82) is 0 Å². The van der Waals surface area contributed by atoms with Crippen molar-refractivity contribution in [1.82, 2.24) is 14.6 Å². The molecule has 0 bridgehead atoms. The molecule has 2 aromatic heterocycles. The number of fused-ring (bicyclic) bond motifs is 1. The number of hydrogen-bond acceptors (Lipinski definition) is 6. The molecule has 4 aromatic rings. The molecule has 7 nitrogen and oxygen atoms in total. The van der Waals surface area contributed by atoms with Crippen molar-refractivity contribution < 1.29 is 14.2 Å². The summed E-state index contributed by atoms with van der Waals surface area (Å²) in [7, 11) is 3.23. The third-order valence-corrected chi connectivity index (χ3v) is 5.28. The van der Waals surface area contributed by atoms with Crippen LogP contribution in [0.5, 0.6) is 23.0 Å². The van der Waals surface area contributed by atoms with Gasteiger partial charge in [-0.1, -0.05) is 32.9 Å². The van der Waals surface area contributed by atoms with E-state index < -0.39 is 0 Å². The van der Waals surface area contributed by atoms with E-state index in [2.05, 4.69) is 37.1 Å². The van der Waals surface area contributed by atoms with E-state index in [0.717, 1.165) is 34.2 Å². The van der Waals surface area contributed by atoms with Gasteiger partial charge in [0.1, 0.15) is 28.8 Å². The number of hydrogen-bond donors (Lipinski definition) is 1. The number of rotatable bonds is 7. The van der Waals surface area contributed by atoms with Crippen molar-refractivity contribution in [2.75, 3.05) is 19.5 Å². The molecule has 0 amide bonds. The molecule has 33 heavy (non-hydrogen) atoms. The van der Waals surface area contributed by atoms with E-state index in [-0.39, 0.29) is 5.41 Å². The van der Waals surface area contributed by atoms with E-state index in [9.17, 15) is 0 Å². The summed E-state index contributed by atoms with van der Waals surface area (Å²) in [5.74, 6) is 3.66. The van der Waals surface area contributed by atoms with Crippen LogP contribution in [0.4, 0.5) is 5.82 Å². The van der Waals surface area contributed by atoms with Crippen molar-refractivity contribution >= 4 is 11.5 Å². The Hall–Kier alpha value is -3.74. The molecule has 0 unspecified atom stereocenters. The van der Waals surface area contributed by atoms with Gasteiger partial charge in [0.2, 0.25) is 0 Å². The lowest BCUT2D eigenvalue weighted by Crippen LogP contribution is -2.12. The predicted octanol–water partition coefficient (Wildman–Crippen LogP) is 5.76. The molecule has 0 fully saturated rings. The van der Waals surface area contributed by atoms with Crippen LogP contribution in [0, 0.1) is 6.92 Å². The van der Waals surface area contributed by atoms with Crippen molar-refractivity contribution in [3.05, 3.63) is 71.5 Å². The van der Waals surface area contributed by atoms with Crippen LogP contribution in [-0.4, -0.2) is 28.8 Å². The summed E-state index contributed by atoms with van der Waals surface area (Å²) in [4.78, 5) is 4.63. The molecule has 0 spiro atoms. The fraction of sp³-hybridized carbons (Fsp3) is 0.308. The predicted molar refractivity (Wildman–Crippen MR) is 130 cm³/mol. The van der Waals surface area contributed by atoms with Gasteiger partial charge in [-0.05, 0) is 24.6 Å². The zero-order valence-electron chi connectivity index (χ0n) is 20.0. The van der Waals surface area contributed by atoms with Gasteiger partial charge in [0.25, 0.3) is 0 Å². The highest BCUT2D eigenvalue weighted by molar-refractivity contribution is 5.51. The van der Waals surface area contributed by atoms with Gasteiger partial charge in [-0.15, -0.1) is 0 Å². The number of nitrogens with one attached hydrogen (secondary N) is 1. The molecule has 1 N–H and O–H groups in total. The Morgan fingerprint density at radius 1 is 0.848 bits per heavy atom. The number of anilines is 1. The maximum Gasteiger partial charge on any atom is 0.157 e. The van der Waals surface area contributed by atoms with Gasteiger partial charge in [0.05, 0.1) is 19.9 Å². The standard InChI is InChI=1S/C26H30N4O3/c1-17-11-24(30-25(28-17)15-23(29-30)26(2,3)4)27-16-18-7-9-19(10-8-18)33-22-13-20(31-5)12-21(14-22)32-6/h7-15,27H,16H2,1-6H3. The van der Waals surface area contributed by atoms with Gasteiger partial charge in [0.15, 0.2) is 5.65 Å². The Kier molecular flexibility index (Phi) is 6.14. The fourth-order valence-corrected chi connectivity index (χ4v) is 3.44. The number of aryl methyl sites for hydroxylation is 1. The summed E-state index contributed by atoms with van der Waals surface area (Å²) < 4.78 is 18.5. The van der Waals surface area contributed by atoms with Gasteiger partial charge in [-0.3, -0.25) is 0 Å². The molecule has 0 aliphatic rings. The molecule has 0 saturated heterocycles. The first-order valence-electron chi connectivity index (χ1n) is 10.9. The number of benzene rings is 2. The van der Waals surface area contributed by atoms with Crippen LogP contribution in [0.2, 0.25) is 0 Å². The summed E-state index contributed by atoms with van der Waals surface area (Å²) in [6.07, 6.45) is 0. The molecule has 2 heterocycles. The third-order valence-electron chi connectivity index (χ3n) is 5.28. The monoisotopic (exact) mass is 446 g/mol. The van der Waals surface area contributed by atoms with E-state index in [1.54, 1.807) is 14.2 Å². The van der Waals surface area contributed by atoms with Crippen molar-refractivity contribution in [2.45, 2.75) is 39.7 Å². The first-order chi connectivity index (χ1) is 15.7. The van der Waals surface area contributed by atoms with Crippen molar-refractivity contribution in [3.63, 3.8) is 0 Å². The molecule has 0 atom stereocenters. The zero-order chi connectivity index (χ0) is 23.6. The molecule has 0 aliphatic heterocycles. The van der Waals surface area contributed by atoms with E-state index in [0.29, 0.717) is 23.8 Å². The molecule has 172 valence electrons. The van der Waals surface area contributed by atoms with E-state index >= 15 is 0 Å². The van der Waals surface area contributed by atoms with Gasteiger partial charge in [-0.2, -0.15) is 9.61 Å². The van der Waals surface area contributed by atoms with Crippen LogP contribution < -0.4 is 19.5 Å². The third kappa shape index (κ3) is 5.19. The number of methoxy groups -OCH3 is 2. The van der Waals surface area contributed by atoms with Crippen LogP contribution >= 0.6 is 0 Å². The fourth-order valence-electron chi connectivity index (χ4n) is 3.44. The molecular weight excluding hydrogens is 416 g/mol. The highest BCUT2D eigenvalue weighted by Gasteiger charge is 2.19. The molecule has 0 saturated carbocycles. The SMILES string of the molecule is COc1cc(OC)cc(Oc2ccc(CNc3cc(C)nc4cc(C(C)(C)C)nn34)cc2)c1. The van der Waals surface area contributed by atoms with Crippen molar-refractivity contribution in [2.24, 2.45) is 0 Å². The lowest BCUT2D eigenvalue weighted by atomic mass is 9.93. The molecule has 0 aliphatic carbocycles. The van der Waals surface area contributed by atoms with Crippen LogP contribution in [0.1, 0.15) is 37.7 Å². The Morgan fingerprint density at radius 2 is 1.48 bits per heavy atom. The van der Waals surface area contributed by atoms with E-state index in [1.807, 2.05) is 60.0 Å². The molecule has 2 aromatic carbocycles. The topological polar surface area (TPSA) is 69.9 Å². The minimum absolute atomic E-state index is 0.0402. The van der Waals surface area contributed by atoms with Crippen LogP contribution in [0.3, 0.4) is 0 Å². The van der Waals surface area contributed by atoms with Gasteiger partial charge >= 0.3 is 0 Å². The Morgan fingerprint density at radius 3 is 2.09 bits per heavy atom. The van der Waals surface area contributed by atoms with Crippen molar-refractivity contribution in [3.8, 4) is 23.0 Å². The average Bonchev–Trinajstić information content (AvgIpc) is 3.23. The summed E-state index contributed by atoms with van der Waals surface area (Å²) in [5, 5.41) is 8.27. The number of nitrogens with zero attached hydrogens (tertiary/aromatic N) is 3. The van der Waals surface area contributed by atoms with Gasteiger partial charge < -0.3 is 19.5 Å². The second kappa shape index (κ2) is 9.02. The summed E-state index contributed by atoms with van der Waals surface area (Å²) >= 11 is 0. The minimum Gasteiger partial charge on any atom is -0.496 e. The molecule has 7 heteroatoms. The quantitative estimate of drug-likeness (QED) is 0.389. The molecule has 4 rings (SSSR count). The number of ether oxygens (including phenoxy) is 3. The lowest BCUT2D eigenvalue weighted by Gasteiger charge is -2.14. The summed E-state index contributed by atoms with van der Waals surface area (Å²) in [5.41, 5.74) is 3.89. The number of aromatic nitrogens is 3. The normalized spacial score (nSPS) is 11.5. The Balaban J connectivity index is 1.48.